The zero-order valence-corrected chi connectivity index (χ0v) is 17.0. The number of piperazine rings is 1. The van der Waals surface area contributed by atoms with Crippen molar-refractivity contribution in [2.75, 3.05) is 44.2 Å². The highest BCUT2D eigenvalue weighted by atomic mass is 79.9. The highest BCUT2D eigenvalue weighted by Crippen LogP contribution is 2.19. The number of rotatable bonds is 6. The van der Waals surface area contributed by atoms with Gasteiger partial charge in [-0.2, -0.15) is 0 Å². The molecule has 0 unspecified atom stereocenters. The zero-order chi connectivity index (χ0) is 18.4. The predicted molar refractivity (Wildman–Crippen MR) is 111 cm³/mol. The van der Waals surface area contributed by atoms with Crippen LogP contribution in [0.4, 0.5) is 5.69 Å². The second-order valence-electron chi connectivity index (χ2n) is 6.39. The van der Waals surface area contributed by atoms with Crippen molar-refractivity contribution in [1.82, 2.24) is 10.2 Å². The summed E-state index contributed by atoms with van der Waals surface area (Å²) in [6.45, 7) is 5.82. The minimum Gasteiger partial charge on any atom is -0.369 e. The van der Waals surface area contributed by atoms with Crippen molar-refractivity contribution in [3.05, 3.63) is 63.6 Å². The number of halogens is 2. The highest BCUT2D eigenvalue weighted by Gasteiger charge is 2.17. The molecular weight excluding hydrogens is 414 g/mol. The van der Waals surface area contributed by atoms with Gasteiger partial charge in [0, 0.05) is 47.9 Å². The maximum atomic E-state index is 12.2. The molecule has 0 aliphatic carbocycles. The third-order valence-corrected chi connectivity index (χ3v) is 5.56. The van der Waals surface area contributed by atoms with Crippen LogP contribution in [0.2, 0.25) is 5.02 Å². The quantitative estimate of drug-likeness (QED) is 0.694. The maximum Gasteiger partial charge on any atom is 0.252 e. The van der Waals surface area contributed by atoms with Gasteiger partial charge < -0.3 is 10.2 Å². The Labute approximate surface area is 168 Å². The van der Waals surface area contributed by atoms with Gasteiger partial charge in [-0.15, -0.1) is 0 Å². The molecule has 1 amide bonds. The van der Waals surface area contributed by atoms with E-state index >= 15 is 0 Å². The molecule has 0 spiro atoms. The zero-order valence-electron chi connectivity index (χ0n) is 14.6. The van der Waals surface area contributed by atoms with Crippen molar-refractivity contribution in [3.63, 3.8) is 0 Å². The third-order valence-electron chi connectivity index (χ3n) is 4.62. The largest absolute Gasteiger partial charge is 0.369 e. The van der Waals surface area contributed by atoms with Gasteiger partial charge in [-0.25, -0.2) is 0 Å². The number of nitrogens with zero attached hydrogens (tertiary/aromatic N) is 2. The summed E-state index contributed by atoms with van der Waals surface area (Å²) in [5.41, 5.74) is 1.92. The van der Waals surface area contributed by atoms with Crippen LogP contribution in [0.1, 0.15) is 16.8 Å². The van der Waals surface area contributed by atoms with Crippen LogP contribution in [0.15, 0.2) is 53.0 Å². The van der Waals surface area contributed by atoms with Crippen LogP contribution in [0, 0.1) is 0 Å². The van der Waals surface area contributed by atoms with Crippen LogP contribution in [0.5, 0.6) is 0 Å². The van der Waals surface area contributed by atoms with Gasteiger partial charge in [0.2, 0.25) is 0 Å². The Kier molecular flexibility index (Phi) is 6.94. The van der Waals surface area contributed by atoms with E-state index in [4.69, 9.17) is 11.6 Å². The minimum absolute atomic E-state index is 0.0231. The second kappa shape index (κ2) is 9.40. The number of carbonyl (C=O) groups is 1. The van der Waals surface area contributed by atoms with Gasteiger partial charge in [0.1, 0.15) is 0 Å². The fraction of sp³-hybridized carbons (Fsp3) is 0.350. The van der Waals surface area contributed by atoms with Crippen molar-refractivity contribution in [3.8, 4) is 0 Å². The Balaban J connectivity index is 1.36. The van der Waals surface area contributed by atoms with Gasteiger partial charge in [0.05, 0.1) is 5.56 Å². The van der Waals surface area contributed by atoms with Gasteiger partial charge in [-0.3, -0.25) is 9.69 Å². The van der Waals surface area contributed by atoms with E-state index in [1.54, 1.807) is 0 Å². The van der Waals surface area contributed by atoms with Crippen molar-refractivity contribution < 1.29 is 4.79 Å². The van der Waals surface area contributed by atoms with Crippen LogP contribution in [0.25, 0.3) is 0 Å². The molecule has 0 atom stereocenters. The topological polar surface area (TPSA) is 35.6 Å². The molecule has 1 heterocycles. The van der Waals surface area contributed by atoms with Gasteiger partial charge in [0.15, 0.2) is 0 Å². The number of benzene rings is 2. The summed E-state index contributed by atoms with van der Waals surface area (Å²) in [4.78, 5) is 17.0. The van der Waals surface area contributed by atoms with Crippen LogP contribution >= 0.6 is 27.5 Å². The van der Waals surface area contributed by atoms with Crippen LogP contribution < -0.4 is 10.2 Å². The summed E-state index contributed by atoms with van der Waals surface area (Å²) in [7, 11) is 0. The van der Waals surface area contributed by atoms with Crippen LogP contribution in [-0.2, 0) is 0 Å². The molecule has 0 radical (unpaired) electrons. The number of anilines is 1. The average molecular weight is 437 g/mol. The molecule has 0 aromatic heterocycles. The maximum absolute atomic E-state index is 12.2. The molecule has 2 aromatic rings. The van der Waals surface area contributed by atoms with Crippen LogP contribution in [-0.4, -0.2) is 50.1 Å². The number of carbonyl (C=O) groups excluding carboxylic acids is 1. The fourth-order valence-electron chi connectivity index (χ4n) is 3.13. The first-order valence-electron chi connectivity index (χ1n) is 8.89. The molecule has 1 fully saturated rings. The monoisotopic (exact) mass is 435 g/mol. The Bertz CT molecular complexity index is 730. The van der Waals surface area contributed by atoms with E-state index in [9.17, 15) is 4.79 Å². The first-order valence-corrected chi connectivity index (χ1v) is 10.1. The van der Waals surface area contributed by atoms with Gasteiger partial charge in [-0.1, -0.05) is 23.7 Å². The van der Waals surface area contributed by atoms with E-state index in [2.05, 4.69) is 43.2 Å². The molecule has 6 heteroatoms. The van der Waals surface area contributed by atoms with Gasteiger partial charge in [-0.05, 0) is 65.3 Å². The van der Waals surface area contributed by atoms with Crippen molar-refractivity contribution in [1.29, 1.82) is 0 Å². The first kappa shape index (κ1) is 19.2. The average Bonchev–Trinajstić information content (AvgIpc) is 2.66. The lowest BCUT2D eigenvalue weighted by molar-refractivity contribution is 0.0950. The summed E-state index contributed by atoms with van der Waals surface area (Å²) in [6, 6.07) is 15.5. The molecule has 1 N–H and O–H groups in total. The van der Waals surface area contributed by atoms with E-state index in [0.717, 1.165) is 48.6 Å². The summed E-state index contributed by atoms with van der Waals surface area (Å²) < 4.78 is 0.829. The Morgan fingerprint density at radius 2 is 1.73 bits per heavy atom. The number of nitrogens with one attached hydrogen (secondary N) is 1. The van der Waals surface area contributed by atoms with Crippen molar-refractivity contribution >= 4 is 39.1 Å². The molecule has 1 aliphatic rings. The van der Waals surface area contributed by atoms with Crippen molar-refractivity contribution in [2.45, 2.75) is 6.42 Å². The molecule has 3 rings (SSSR count). The Morgan fingerprint density at radius 1 is 1.04 bits per heavy atom. The molecule has 0 saturated carbocycles. The molecule has 1 saturated heterocycles. The van der Waals surface area contributed by atoms with Gasteiger partial charge >= 0.3 is 0 Å². The molecular formula is C20H23BrClN3O. The number of amides is 1. The molecule has 4 nitrogen and oxygen atoms in total. The van der Waals surface area contributed by atoms with E-state index in [1.807, 2.05) is 36.4 Å². The Hall–Kier alpha value is -1.56. The fourth-order valence-corrected chi connectivity index (χ4v) is 3.72. The smallest absolute Gasteiger partial charge is 0.252 e. The van der Waals surface area contributed by atoms with Crippen molar-refractivity contribution in [2.24, 2.45) is 0 Å². The van der Waals surface area contributed by atoms with E-state index in [-0.39, 0.29) is 5.91 Å². The second-order valence-corrected chi connectivity index (χ2v) is 7.69. The normalized spacial score (nSPS) is 15.1. The van der Waals surface area contributed by atoms with E-state index in [1.165, 1.54) is 5.69 Å². The SMILES string of the molecule is O=C(NCCCN1CCN(c2ccc(Cl)cc2)CC1)c1ccccc1Br. The third kappa shape index (κ3) is 5.22. The number of hydrogen-bond acceptors (Lipinski definition) is 3. The molecule has 138 valence electrons. The predicted octanol–water partition coefficient (Wildman–Crippen LogP) is 4.04. The summed E-state index contributed by atoms with van der Waals surface area (Å²) in [5.74, 6) is -0.0231. The lowest BCUT2D eigenvalue weighted by atomic mass is 10.2. The number of hydrogen-bond donors (Lipinski definition) is 1. The molecule has 0 bridgehead atoms. The van der Waals surface area contributed by atoms with E-state index in [0.29, 0.717) is 12.1 Å². The molecule has 1 aliphatic heterocycles. The highest BCUT2D eigenvalue weighted by molar-refractivity contribution is 9.10. The Morgan fingerprint density at radius 3 is 2.42 bits per heavy atom. The van der Waals surface area contributed by atoms with Crippen LogP contribution in [0.3, 0.4) is 0 Å². The minimum atomic E-state index is -0.0231. The summed E-state index contributed by atoms with van der Waals surface area (Å²) in [6.07, 6.45) is 0.955. The standard InChI is InChI=1S/C20H23BrClN3O/c21-19-5-2-1-4-18(19)20(26)23-10-3-11-24-12-14-25(15-13-24)17-8-6-16(22)7-9-17/h1-2,4-9H,3,10-15H2,(H,23,26). The van der Waals surface area contributed by atoms with E-state index < -0.39 is 0 Å². The lowest BCUT2D eigenvalue weighted by Gasteiger charge is -2.36. The lowest BCUT2D eigenvalue weighted by Crippen LogP contribution is -2.47. The summed E-state index contributed by atoms with van der Waals surface area (Å²) >= 11 is 9.37. The van der Waals surface area contributed by atoms with Gasteiger partial charge in [0.25, 0.3) is 5.91 Å². The molecule has 26 heavy (non-hydrogen) atoms. The summed E-state index contributed by atoms with van der Waals surface area (Å²) in [5, 5.41) is 3.78. The first-order chi connectivity index (χ1) is 12.6. The molecule has 2 aromatic carbocycles.